The Labute approximate surface area is 79.7 Å². The third kappa shape index (κ3) is 2.06. The highest BCUT2D eigenvalue weighted by Gasteiger charge is 2.22. The molecule has 1 aromatic heterocycles. The van der Waals surface area contributed by atoms with E-state index in [1.165, 1.54) is 0 Å². The lowest BCUT2D eigenvalue weighted by Crippen LogP contribution is -2.30. The van der Waals surface area contributed by atoms with Crippen LogP contribution in [0, 0.1) is 10.1 Å². The molecule has 0 radical (unpaired) electrons. The second-order valence-corrected chi connectivity index (χ2v) is 3.02. The van der Waals surface area contributed by atoms with Crippen molar-refractivity contribution in [3.8, 4) is 0 Å². The van der Waals surface area contributed by atoms with Crippen molar-refractivity contribution in [1.29, 1.82) is 0 Å². The smallest absolute Gasteiger partial charge is 0.319 e. The second kappa shape index (κ2) is 3.86. The van der Waals surface area contributed by atoms with E-state index in [1.807, 2.05) is 0 Å². The zero-order chi connectivity index (χ0) is 10.7. The topological polar surface area (TPSA) is 101 Å². The summed E-state index contributed by atoms with van der Waals surface area (Å²) in [6.07, 6.45) is 1.01. The molecular formula is C7H10N4O3. The number of amides is 1. The number of H-pyrrole nitrogens is 1. The van der Waals surface area contributed by atoms with Crippen LogP contribution in [0.1, 0.15) is 24.3 Å². The molecule has 0 saturated carbocycles. The van der Waals surface area contributed by atoms with Crippen molar-refractivity contribution in [3.05, 3.63) is 22.0 Å². The number of hydrogen-bond acceptors (Lipinski definition) is 4. The molecule has 0 unspecified atom stereocenters. The molecule has 1 heterocycles. The molecule has 7 heteroatoms. The van der Waals surface area contributed by atoms with Gasteiger partial charge in [-0.05, 0) is 13.8 Å². The van der Waals surface area contributed by atoms with Gasteiger partial charge in [-0.3, -0.25) is 20.0 Å². The van der Waals surface area contributed by atoms with E-state index in [4.69, 9.17) is 0 Å². The molecule has 1 rings (SSSR count). The van der Waals surface area contributed by atoms with E-state index in [9.17, 15) is 14.9 Å². The number of nitrogens with zero attached hydrogens (tertiary/aromatic N) is 2. The monoisotopic (exact) mass is 198 g/mol. The summed E-state index contributed by atoms with van der Waals surface area (Å²) in [5, 5.41) is 18.7. The minimum absolute atomic E-state index is 0.0783. The summed E-state index contributed by atoms with van der Waals surface area (Å²) in [5.41, 5.74) is -0.438. The molecule has 0 saturated heterocycles. The van der Waals surface area contributed by atoms with Gasteiger partial charge in [-0.25, -0.2) is 0 Å². The van der Waals surface area contributed by atoms with Gasteiger partial charge in [0.25, 0.3) is 5.91 Å². The first kappa shape index (κ1) is 10.2. The molecule has 0 atom stereocenters. The Morgan fingerprint density at radius 3 is 2.86 bits per heavy atom. The Hall–Kier alpha value is -1.92. The van der Waals surface area contributed by atoms with Crippen LogP contribution < -0.4 is 5.32 Å². The summed E-state index contributed by atoms with van der Waals surface area (Å²) < 4.78 is 0. The van der Waals surface area contributed by atoms with E-state index >= 15 is 0 Å². The Balaban J connectivity index is 2.90. The predicted octanol–water partition coefficient (Wildman–Crippen LogP) is 0.456. The predicted molar refractivity (Wildman–Crippen MR) is 47.8 cm³/mol. The van der Waals surface area contributed by atoms with Gasteiger partial charge in [0, 0.05) is 6.04 Å². The Morgan fingerprint density at radius 1 is 1.71 bits per heavy atom. The number of nitro groups is 1. The molecule has 0 aromatic carbocycles. The average Bonchev–Trinajstić information content (AvgIpc) is 2.49. The van der Waals surface area contributed by atoms with Crippen molar-refractivity contribution >= 4 is 11.6 Å². The zero-order valence-corrected chi connectivity index (χ0v) is 7.77. The summed E-state index contributed by atoms with van der Waals surface area (Å²) in [6, 6.07) is -0.0783. The van der Waals surface area contributed by atoms with Crippen LogP contribution >= 0.6 is 0 Å². The van der Waals surface area contributed by atoms with Crippen molar-refractivity contribution in [2.24, 2.45) is 0 Å². The summed E-state index contributed by atoms with van der Waals surface area (Å²) in [5.74, 6) is -0.524. The fourth-order valence-corrected chi connectivity index (χ4v) is 0.920. The molecule has 14 heavy (non-hydrogen) atoms. The van der Waals surface area contributed by atoms with Gasteiger partial charge < -0.3 is 5.32 Å². The van der Waals surface area contributed by atoms with E-state index in [1.54, 1.807) is 13.8 Å². The van der Waals surface area contributed by atoms with Crippen LogP contribution in [0.4, 0.5) is 5.69 Å². The molecule has 2 N–H and O–H groups in total. The molecular weight excluding hydrogens is 188 g/mol. The van der Waals surface area contributed by atoms with Crippen LogP contribution in [-0.2, 0) is 0 Å². The second-order valence-electron chi connectivity index (χ2n) is 3.02. The van der Waals surface area contributed by atoms with E-state index in [0.29, 0.717) is 0 Å². The Kier molecular flexibility index (Phi) is 2.80. The van der Waals surface area contributed by atoms with Gasteiger partial charge in [0.15, 0.2) is 0 Å². The Bertz CT molecular complexity index is 358. The van der Waals surface area contributed by atoms with Crippen LogP contribution in [0.2, 0.25) is 0 Å². The van der Waals surface area contributed by atoms with E-state index in [-0.39, 0.29) is 17.4 Å². The minimum atomic E-state index is -0.654. The van der Waals surface area contributed by atoms with Gasteiger partial charge in [-0.15, -0.1) is 0 Å². The molecule has 0 aliphatic carbocycles. The average molecular weight is 198 g/mol. The highest BCUT2D eigenvalue weighted by Crippen LogP contribution is 2.13. The maximum absolute atomic E-state index is 11.4. The fourth-order valence-electron chi connectivity index (χ4n) is 0.920. The number of rotatable bonds is 3. The summed E-state index contributed by atoms with van der Waals surface area (Å²) in [4.78, 5) is 21.1. The van der Waals surface area contributed by atoms with Crippen LogP contribution in [0.3, 0.4) is 0 Å². The van der Waals surface area contributed by atoms with Gasteiger partial charge in [0.2, 0.25) is 5.69 Å². The number of aromatic nitrogens is 2. The largest absolute Gasteiger partial charge is 0.348 e. The number of carbonyl (C=O) groups is 1. The SMILES string of the molecule is CC(C)NC(=O)c1[nH]ncc1[N+](=O)[O-]. The quantitative estimate of drug-likeness (QED) is 0.544. The van der Waals surface area contributed by atoms with Crippen molar-refractivity contribution in [3.63, 3.8) is 0 Å². The maximum Gasteiger partial charge on any atom is 0.319 e. The summed E-state index contributed by atoms with van der Waals surface area (Å²) in [7, 11) is 0. The van der Waals surface area contributed by atoms with Crippen molar-refractivity contribution < 1.29 is 9.72 Å². The summed E-state index contributed by atoms with van der Waals surface area (Å²) in [6.45, 7) is 3.53. The van der Waals surface area contributed by atoms with E-state index in [2.05, 4.69) is 15.5 Å². The standard InChI is InChI=1S/C7H10N4O3/c1-4(2)9-7(12)6-5(11(13)14)3-8-10-6/h3-4H,1-2H3,(H,8,10)(H,9,12). The van der Waals surface area contributed by atoms with Crippen LogP contribution in [0.5, 0.6) is 0 Å². The van der Waals surface area contributed by atoms with Crippen LogP contribution in [0.15, 0.2) is 6.20 Å². The third-order valence-corrected chi connectivity index (χ3v) is 1.46. The first-order chi connectivity index (χ1) is 6.52. The van der Waals surface area contributed by atoms with Crippen molar-refractivity contribution in [2.45, 2.75) is 19.9 Å². The number of carbonyl (C=O) groups excluding carboxylic acids is 1. The number of nitrogens with one attached hydrogen (secondary N) is 2. The lowest BCUT2D eigenvalue weighted by Gasteiger charge is -2.05. The third-order valence-electron chi connectivity index (χ3n) is 1.46. The van der Waals surface area contributed by atoms with Gasteiger partial charge >= 0.3 is 5.69 Å². The number of aromatic amines is 1. The molecule has 1 aromatic rings. The first-order valence-corrected chi connectivity index (χ1v) is 4.01. The molecule has 0 fully saturated rings. The first-order valence-electron chi connectivity index (χ1n) is 4.01. The van der Waals surface area contributed by atoms with E-state index in [0.717, 1.165) is 6.20 Å². The molecule has 0 aliphatic rings. The van der Waals surface area contributed by atoms with Crippen molar-refractivity contribution in [1.82, 2.24) is 15.5 Å². The number of hydrogen-bond donors (Lipinski definition) is 2. The van der Waals surface area contributed by atoms with Gasteiger partial charge in [0.1, 0.15) is 6.20 Å². The lowest BCUT2D eigenvalue weighted by molar-refractivity contribution is -0.385. The lowest BCUT2D eigenvalue weighted by atomic mass is 10.3. The minimum Gasteiger partial charge on any atom is -0.348 e. The highest BCUT2D eigenvalue weighted by molar-refractivity contribution is 5.96. The van der Waals surface area contributed by atoms with Crippen LogP contribution in [-0.4, -0.2) is 27.1 Å². The van der Waals surface area contributed by atoms with E-state index < -0.39 is 10.8 Å². The molecule has 1 amide bonds. The fraction of sp³-hybridized carbons (Fsp3) is 0.429. The molecule has 76 valence electrons. The van der Waals surface area contributed by atoms with Gasteiger partial charge in [0.05, 0.1) is 4.92 Å². The Morgan fingerprint density at radius 2 is 2.36 bits per heavy atom. The normalized spacial score (nSPS) is 10.2. The van der Waals surface area contributed by atoms with Gasteiger partial charge in [-0.2, -0.15) is 5.10 Å². The molecule has 0 bridgehead atoms. The zero-order valence-electron chi connectivity index (χ0n) is 7.77. The van der Waals surface area contributed by atoms with Gasteiger partial charge in [-0.1, -0.05) is 0 Å². The van der Waals surface area contributed by atoms with Crippen molar-refractivity contribution in [2.75, 3.05) is 0 Å². The molecule has 0 aliphatic heterocycles. The maximum atomic E-state index is 11.4. The molecule has 7 nitrogen and oxygen atoms in total. The summed E-state index contributed by atoms with van der Waals surface area (Å²) >= 11 is 0. The highest BCUT2D eigenvalue weighted by atomic mass is 16.6. The van der Waals surface area contributed by atoms with Crippen LogP contribution in [0.25, 0.3) is 0 Å². The molecule has 0 spiro atoms.